The van der Waals surface area contributed by atoms with Crippen molar-refractivity contribution in [2.45, 2.75) is 31.1 Å². The van der Waals surface area contributed by atoms with Gasteiger partial charge in [0.25, 0.3) is 0 Å². The fraction of sp³-hybridized carbons (Fsp3) is 0.316. The van der Waals surface area contributed by atoms with E-state index in [1.54, 1.807) is 6.07 Å². The minimum atomic E-state index is -3.95. The largest absolute Gasteiger partial charge is 0.495 e. The quantitative estimate of drug-likeness (QED) is 0.638. The van der Waals surface area contributed by atoms with E-state index >= 15 is 0 Å². The lowest BCUT2D eigenvalue weighted by Crippen LogP contribution is -2.15. The van der Waals surface area contributed by atoms with Gasteiger partial charge in [0.1, 0.15) is 16.4 Å². The summed E-state index contributed by atoms with van der Waals surface area (Å²) in [5.74, 6) is 0.730. The van der Waals surface area contributed by atoms with Gasteiger partial charge in [-0.05, 0) is 55.7 Å². The number of unbranched alkanes of at least 4 members (excludes halogenated alkanes) is 1. The Balaban J connectivity index is 1.80. The Kier molecular flexibility index (Phi) is 7.20. The number of nitrogens with one attached hydrogen (secondary N) is 1. The van der Waals surface area contributed by atoms with Crippen molar-refractivity contribution in [3.8, 4) is 11.5 Å². The Morgan fingerprint density at radius 1 is 1.15 bits per heavy atom. The Morgan fingerprint density at radius 3 is 2.59 bits per heavy atom. The van der Waals surface area contributed by atoms with Crippen LogP contribution in [-0.4, -0.2) is 28.0 Å². The van der Waals surface area contributed by atoms with Crippen molar-refractivity contribution >= 4 is 21.6 Å². The number of amides is 1. The second kappa shape index (κ2) is 9.38. The van der Waals surface area contributed by atoms with Crippen LogP contribution in [0.5, 0.6) is 11.5 Å². The number of hydrogen-bond acceptors (Lipinski definition) is 5. The molecule has 146 valence electrons. The number of primary sulfonamides is 1. The van der Waals surface area contributed by atoms with Crippen LogP contribution in [0.15, 0.2) is 47.4 Å². The second-order valence-corrected chi connectivity index (χ2v) is 7.61. The zero-order valence-corrected chi connectivity index (χ0v) is 16.2. The first-order chi connectivity index (χ1) is 12.8. The molecule has 0 aliphatic carbocycles. The average molecular weight is 392 g/mol. The molecule has 0 spiro atoms. The highest BCUT2D eigenvalue weighted by atomic mass is 32.2. The van der Waals surface area contributed by atoms with Crippen molar-refractivity contribution < 1.29 is 22.7 Å². The normalized spacial score (nSPS) is 11.1. The summed E-state index contributed by atoms with van der Waals surface area (Å²) < 4.78 is 33.8. The van der Waals surface area contributed by atoms with Gasteiger partial charge < -0.3 is 14.8 Å². The number of carbonyl (C=O) groups excluding carboxylic acids is 1. The molecule has 2 aromatic carbocycles. The lowest BCUT2D eigenvalue weighted by Gasteiger charge is -2.10. The van der Waals surface area contributed by atoms with E-state index in [0.717, 1.165) is 17.7 Å². The topological polar surface area (TPSA) is 108 Å². The summed E-state index contributed by atoms with van der Waals surface area (Å²) >= 11 is 0. The maximum Gasteiger partial charge on any atom is 0.241 e. The lowest BCUT2D eigenvalue weighted by molar-refractivity contribution is -0.116. The molecule has 0 aromatic heterocycles. The SMILES string of the molecule is COc1ccc(NC(=O)CCCCOc2cccc(C)c2)cc1S(N)(=O)=O. The molecule has 0 bridgehead atoms. The molecule has 27 heavy (non-hydrogen) atoms. The number of carbonyl (C=O) groups is 1. The third-order valence-electron chi connectivity index (χ3n) is 3.81. The Bertz CT molecular complexity index is 897. The predicted molar refractivity (Wildman–Crippen MR) is 104 cm³/mol. The number of anilines is 1. The smallest absolute Gasteiger partial charge is 0.241 e. The molecule has 0 heterocycles. The monoisotopic (exact) mass is 392 g/mol. The first-order valence-electron chi connectivity index (χ1n) is 8.50. The molecule has 8 heteroatoms. The molecule has 0 aliphatic heterocycles. The molecule has 0 aliphatic rings. The fourth-order valence-corrected chi connectivity index (χ4v) is 3.21. The van der Waals surface area contributed by atoms with Crippen LogP contribution in [0.25, 0.3) is 0 Å². The van der Waals surface area contributed by atoms with Crippen LogP contribution in [0.2, 0.25) is 0 Å². The van der Waals surface area contributed by atoms with Crippen molar-refractivity contribution in [2.24, 2.45) is 5.14 Å². The molecule has 0 radical (unpaired) electrons. The molecule has 0 atom stereocenters. The number of rotatable bonds is 9. The highest BCUT2D eigenvalue weighted by Gasteiger charge is 2.16. The number of sulfonamides is 1. The Hall–Kier alpha value is -2.58. The highest BCUT2D eigenvalue weighted by Crippen LogP contribution is 2.26. The molecule has 0 saturated heterocycles. The standard InChI is InChI=1S/C19H24N2O5S/c1-14-6-5-7-16(12-14)26-11-4-3-8-19(22)21-15-9-10-17(25-2)18(13-15)27(20,23)24/h5-7,9-10,12-13H,3-4,8,11H2,1-2H3,(H,21,22)(H2,20,23,24). The summed E-state index contributed by atoms with van der Waals surface area (Å²) in [6.45, 7) is 2.52. The molecular weight excluding hydrogens is 368 g/mol. The number of nitrogens with two attached hydrogens (primary N) is 1. The maximum atomic E-state index is 12.0. The minimum absolute atomic E-state index is 0.129. The van der Waals surface area contributed by atoms with Gasteiger partial charge in [0.05, 0.1) is 13.7 Å². The number of aryl methyl sites for hydroxylation is 1. The van der Waals surface area contributed by atoms with E-state index < -0.39 is 10.0 Å². The van der Waals surface area contributed by atoms with Crippen molar-refractivity contribution in [1.29, 1.82) is 0 Å². The van der Waals surface area contributed by atoms with Gasteiger partial charge in [-0.25, -0.2) is 13.6 Å². The van der Waals surface area contributed by atoms with Gasteiger partial charge in [0.15, 0.2) is 0 Å². The van der Waals surface area contributed by atoms with Gasteiger partial charge in [-0.3, -0.25) is 4.79 Å². The van der Waals surface area contributed by atoms with Crippen molar-refractivity contribution in [2.75, 3.05) is 19.0 Å². The molecule has 3 N–H and O–H groups in total. The van der Waals surface area contributed by atoms with E-state index in [9.17, 15) is 13.2 Å². The van der Waals surface area contributed by atoms with Crippen LogP contribution < -0.4 is 19.9 Å². The van der Waals surface area contributed by atoms with Gasteiger partial charge >= 0.3 is 0 Å². The van der Waals surface area contributed by atoms with Gasteiger partial charge in [-0.2, -0.15) is 0 Å². The van der Waals surface area contributed by atoms with Gasteiger partial charge in [-0.1, -0.05) is 12.1 Å². The average Bonchev–Trinajstić information content (AvgIpc) is 2.60. The molecule has 0 fully saturated rings. The zero-order chi connectivity index (χ0) is 19.9. The number of hydrogen-bond donors (Lipinski definition) is 2. The van der Waals surface area contributed by atoms with E-state index in [2.05, 4.69) is 5.32 Å². The van der Waals surface area contributed by atoms with Crippen LogP contribution in [0.4, 0.5) is 5.69 Å². The molecule has 2 rings (SSSR count). The molecule has 7 nitrogen and oxygen atoms in total. The van der Waals surface area contributed by atoms with Crippen LogP contribution in [0.3, 0.4) is 0 Å². The molecule has 0 unspecified atom stereocenters. The van der Waals surface area contributed by atoms with Crippen LogP contribution in [0, 0.1) is 6.92 Å². The number of ether oxygens (including phenoxy) is 2. The predicted octanol–water partition coefficient (Wildman–Crippen LogP) is 2.84. The summed E-state index contributed by atoms with van der Waals surface area (Å²) in [6, 6.07) is 12.1. The maximum absolute atomic E-state index is 12.0. The Morgan fingerprint density at radius 2 is 1.93 bits per heavy atom. The third kappa shape index (κ3) is 6.58. The summed E-state index contributed by atoms with van der Waals surface area (Å²) in [7, 11) is -2.60. The van der Waals surface area contributed by atoms with Crippen molar-refractivity contribution in [3.05, 3.63) is 48.0 Å². The van der Waals surface area contributed by atoms with Gasteiger partial charge in [-0.15, -0.1) is 0 Å². The van der Waals surface area contributed by atoms with Crippen molar-refractivity contribution in [1.82, 2.24) is 0 Å². The second-order valence-electron chi connectivity index (χ2n) is 6.08. The zero-order valence-electron chi connectivity index (χ0n) is 15.4. The third-order valence-corrected chi connectivity index (χ3v) is 4.74. The summed E-state index contributed by atoms with van der Waals surface area (Å²) in [6.07, 6.45) is 1.68. The molecule has 2 aromatic rings. The fourth-order valence-electron chi connectivity index (χ4n) is 2.48. The highest BCUT2D eigenvalue weighted by molar-refractivity contribution is 7.89. The van der Waals surface area contributed by atoms with E-state index in [0.29, 0.717) is 25.1 Å². The van der Waals surface area contributed by atoms with E-state index in [-0.39, 0.29) is 16.6 Å². The van der Waals surface area contributed by atoms with E-state index in [1.165, 1.54) is 19.2 Å². The molecular formula is C19H24N2O5S. The van der Waals surface area contributed by atoms with E-state index in [1.807, 2.05) is 31.2 Å². The summed E-state index contributed by atoms with van der Waals surface area (Å²) in [4.78, 5) is 11.9. The minimum Gasteiger partial charge on any atom is -0.495 e. The summed E-state index contributed by atoms with van der Waals surface area (Å²) in [5.41, 5.74) is 1.48. The number of methoxy groups -OCH3 is 1. The molecule has 1 amide bonds. The lowest BCUT2D eigenvalue weighted by atomic mass is 10.2. The molecule has 0 saturated carbocycles. The number of benzene rings is 2. The van der Waals surface area contributed by atoms with Gasteiger partial charge in [0.2, 0.25) is 15.9 Å². The Labute approximate surface area is 159 Å². The first-order valence-corrected chi connectivity index (χ1v) is 10.0. The summed E-state index contributed by atoms with van der Waals surface area (Å²) in [5, 5.41) is 7.84. The first kappa shape index (κ1) is 20.7. The van der Waals surface area contributed by atoms with Crippen LogP contribution in [0.1, 0.15) is 24.8 Å². The van der Waals surface area contributed by atoms with Crippen molar-refractivity contribution in [3.63, 3.8) is 0 Å². The van der Waals surface area contributed by atoms with Crippen LogP contribution >= 0.6 is 0 Å². The van der Waals surface area contributed by atoms with Crippen LogP contribution in [-0.2, 0) is 14.8 Å². The van der Waals surface area contributed by atoms with Gasteiger partial charge in [0, 0.05) is 12.1 Å². The van der Waals surface area contributed by atoms with E-state index in [4.69, 9.17) is 14.6 Å².